The zero-order valence-electron chi connectivity index (χ0n) is 18.8. The maximum atomic E-state index is 13.1. The van der Waals surface area contributed by atoms with Crippen LogP contribution in [0.15, 0.2) is 48.5 Å². The maximum absolute atomic E-state index is 13.1. The molecule has 0 bridgehead atoms. The number of amides is 1. The van der Waals surface area contributed by atoms with Gasteiger partial charge in [-0.2, -0.15) is 4.98 Å². The van der Waals surface area contributed by atoms with Crippen LogP contribution in [0.1, 0.15) is 25.8 Å². The molecule has 0 saturated carbocycles. The number of rotatable bonds is 8. The first-order chi connectivity index (χ1) is 16.0. The van der Waals surface area contributed by atoms with Crippen molar-refractivity contribution in [1.29, 1.82) is 0 Å². The van der Waals surface area contributed by atoms with Crippen LogP contribution in [0.3, 0.4) is 0 Å². The summed E-state index contributed by atoms with van der Waals surface area (Å²) < 4.78 is 0. The van der Waals surface area contributed by atoms with Crippen molar-refractivity contribution >= 4 is 46.6 Å². The number of likely N-dealkylation sites (N-methyl/N-ethyl adjacent to an activating group) is 1. The predicted octanol–water partition coefficient (Wildman–Crippen LogP) is 5.82. The summed E-state index contributed by atoms with van der Waals surface area (Å²) in [6.45, 7) is 7.78. The molecule has 4 rings (SSSR count). The molecule has 0 unspecified atom stereocenters. The third kappa shape index (κ3) is 4.98. The fourth-order valence-corrected chi connectivity index (χ4v) is 4.50. The Kier molecular flexibility index (Phi) is 7.48. The Balaban J connectivity index is 1.82. The van der Waals surface area contributed by atoms with Crippen molar-refractivity contribution in [2.45, 2.75) is 26.7 Å². The normalized spacial score (nSPS) is 13.4. The van der Waals surface area contributed by atoms with E-state index < -0.39 is 0 Å². The molecule has 0 saturated heterocycles. The number of halogens is 2. The maximum Gasteiger partial charge on any atom is 0.233 e. The minimum Gasteiger partial charge on any atom is -0.353 e. The second-order valence-corrected chi connectivity index (χ2v) is 8.63. The average molecular weight is 484 g/mol. The average Bonchev–Trinajstić information content (AvgIpc) is 2.82. The third-order valence-electron chi connectivity index (χ3n) is 5.86. The highest BCUT2D eigenvalue weighted by atomic mass is 35.5. The second-order valence-electron chi connectivity index (χ2n) is 7.81. The number of nitrogens with zero attached hydrogens (tertiary/aromatic N) is 4. The van der Waals surface area contributed by atoms with E-state index >= 15 is 0 Å². The highest BCUT2D eigenvalue weighted by Crippen LogP contribution is 2.41. The Labute approximate surface area is 204 Å². The van der Waals surface area contributed by atoms with E-state index in [9.17, 15) is 4.79 Å². The molecule has 3 aromatic rings. The lowest BCUT2D eigenvalue weighted by Crippen LogP contribution is -2.33. The number of benzene rings is 2. The van der Waals surface area contributed by atoms with Crippen molar-refractivity contribution in [2.24, 2.45) is 0 Å². The molecule has 172 valence electrons. The van der Waals surface area contributed by atoms with Gasteiger partial charge in [0.2, 0.25) is 11.9 Å². The van der Waals surface area contributed by atoms with Crippen LogP contribution >= 0.6 is 23.2 Å². The van der Waals surface area contributed by atoms with E-state index in [1.165, 1.54) is 0 Å². The van der Waals surface area contributed by atoms with E-state index in [0.29, 0.717) is 46.9 Å². The molecular weight excluding hydrogens is 457 g/mol. The topological polar surface area (TPSA) is 61.4 Å². The lowest BCUT2D eigenvalue weighted by Gasteiger charge is -2.30. The number of hydrogen-bond acceptors (Lipinski definition) is 5. The number of carbonyl (C=O) groups excluding carboxylic acids is 1. The molecule has 2 aromatic carbocycles. The standard InChI is InChI=1S/C25H27Cl2N5O/c1-3-31(4-2)16-15-28-25-29-23(17-9-5-6-10-19(17)26)18-13-14-22(33)32(24(18)30-25)21-12-8-7-11-20(21)27/h5-12H,3-4,13-16H2,1-2H3,(H,28,29,30). The Hall–Kier alpha value is -2.67. The van der Waals surface area contributed by atoms with Crippen molar-refractivity contribution in [3.05, 3.63) is 64.1 Å². The van der Waals surface area contributed by atoms with Gasteiger partial charge in [0.1, 0.15) is 5.82 Å². The van der Waals surface area contributed by atoms with Crippen molar-refractivity contribution < 1.29 is 4.79 Å². The number of anilines is 3. The molecular formula is C25H27Cl2N5O. The highest BCUT2D eigenvalue weighted by molar-refractivity contribution is 6.34. The van der Waals surface area contributed by atoms with Crippen LogP contribution in [0, 0.1) is 0 Å². The summed E-state index contributed by atoms with van der Waals surface area (Å²) in [5.41, 5.74) is 3.05. The molecule has 1 N–H and O–H groups in total. The molecule has 8 heteroatoms. The van der Waals surface area contributed by atoms with Gasteiger partial charge in [-0.15, -0.1) is 0 Å². The van der Waals surface area contributed by atoms with Gasteiger partial charge in [-0.3, -0.25) is 9.69 Å². The van der Waals surface area contributed by atoms with E-state index in [1.807, 2.05) is 42.5 Å². The lowest BCUT2D eigenvalue weighted by molar-refractivity contribution is -0.118. The molecule has 33 heavy (non-hydrogen) atoms. The van der Waals surface area contributed by atoms with Crippen LogP contribution in [0.2, 0.25) is 10.0 Å². The summed E-state index contributed by atoms with van der Waals surface area (Å²) in [5, 5.41) is 4.45. The summed E-state index contributed by atoms with van der Waals surface area (Å²) in [7, 11) is 0. The van der Waals surface area contributed by atoms with E-state index in [0.717, 1.165) is 36.5 Å². The minimum absolute atomic E-state index is 0.0477. The molecule has 0 fully saturated rings. The fraction of sp³-hybridized carbons (Fsp3) is 0.320. The van der Waals surface area contributed by atoms with Crippen LogP contribution in [0.5, 0.6) is 0 Å². The quantitative estimate of drug-likeness (QED) is 0.437. The molecule has 0 radical (unpaired) electrons. The van der Waals surface area contributed by atoms with Gasteiger partial charge in [-0.1, -0.05) is 67.4 Å². The molecule has 2 heterocycles. The Morgan fingerprint density at radius 2 is 1.67 bits per heavy atom. The number of carbonyl (C=O) groups is 1. The van der Waals surface area contributed by atoms with Crippen molar-refractivity contribution in [1.82, 2.24) is 14.9 Å². The summed E-state index contributed by atoms with van der Waals surface area (Å²) in [5.74, 6) is 0.964. The van der Waals surface area contributed by atoms with Gasteiger partial charge in [-0.25, -0.2) is 4.98 Å². The van der Waals surface area contributed by atoms with Crippen molar-refractivity contribution in [3.8, 4) is 11.3 Å². The van der Waals surface area contributed by atoms with E-state index in [-0.39, 0.29) is 5.91 Å². The van der Waals surface area contributed by atoms with Crippen LogP contribution in [0.4, 0.5) is 17.5 Å². The molecule has 1 aliphatic heterocycles. The smallest absolute Gasteiger partial charge is 0.233 e. The largest absolute Gasteiger partial charge is 0.353 e. The minimum atomic E-state index is -0.0477. The SMILES string of the molecule is CCN(CC)CCNc1nc(-c2ccccc2Cl)c2c(n1)N(c1ccccc1Cl)C(=O)CC2. The molecule has 0 aliphatic carbocycles. The summed E-state index contributed by atoms with van der Waals surface area (Å²) in [6.07, 6.45) is 0.878. The summed E-state index contributed by atoms with van der Waals surface area (Å²) in [6, 6.07) is 14.9. The van der Waals surface area contributed by atoms with E-state index in [4.69, 9.17) is 33.2 Å². The molecule has 0 atom stereocenters. The Morgan fingerprint density at radius 3 is 2.36 bits per heavy atom. The highest BCUT2D eigenvalue weighted by Gasteiger charge is 2.32. The van der Waals surface area contributed by atoms with Crippen LogP contribution in [-0.4, -0.2) is 47.0 Å². The van der Waals surface area contributed by atoms with E-state index in [2.05, 4.69) is 24.1 Å². The van der Waals surface area contributed by atoms with Crippen LogP contribution < -0.4 is 10.2 Å². The zero-order valence-corrected chi connectivity index (χ0v) is 20.3. The number of nitrogens with one attached hydrogen (secondary N) is 1. The molecule has 6 nitrogen and oxygen atoms in total. The van der Waals surface area contributed by atoms with Gasteiger partial charge < -0.3 is 10.2 Å². The van der Waals surface area contributed by atoms with Gasteiger partial charge in [0.05, 0.1) is 16.4 Å². The van der Waals surface area contributed by atoms with Gasteiger partial charge in [0, 0.05) is 35.7 Å². The van der Waals surface area contributed by atoms with Gasteiger partial charge in [0.25, 0.3) is 0 Å². The fourth-order valence-electron chi connectivity index (χ4n) is 4.05. The third-order valence-corrected chi connectivity index (χ3v) is 6.51. The van der Waals surface area contributed by atoms with Crippen LogP contribution in [0.25, 0.3) is 11.3 Å². The van der Waals surface area contributed by atoms with Gasteiger partial charge >= 0.3 is 0 Å². The molecule has 1 amide bonds. The van der Waals surface area contributed by atoms with Gasteiger partial charge in [-0.05, 0) is 37.7 Å². The lowest BCUT2D eigenvalue weighted by atomic mass is 9.98. The molecule has 1 aromatic heterocycles. The van der Waals surface area contributed by atoms with E-state index in [1.54, 1.807) is 11.0 Å². The van der Waals surface area contributed by atoms with Crippen molar-refractivity contribution in [3.63, 3.8) is 0 Å². The Bertz CT molecular complexity index is 1150. The van der Waals surface area contributed by atoms with Crippen molar-refractivity contribution in [2.75, 3.05) is 36.4 Å². The first-order valence-electron chi connectivity index (χ1n) is 11.2. The molecule has 1 aliphatic rings. The second kappa shape index (κ2) is 10.5. The first kappa shape index (κ1) is 23.5. The summed E-state index contributed by atoms with van der Waals surface area (Å²) in [4.78, 5) is 26.6. The molecule has 0 spiro atoms. The monoisotopic (exact) mass is 483 g/mol. The summed E-state index contributed by atoms with van der Waals surface area (Å²) >= 11 is 13.0. The Morgan fingerprint density at radius 1 is 0.970 bits per heavy atom. The number of aromatic nitrogens is 2. The number of fused-ring (bicyclic) bond motifs is 1. The van der Waals surface area contributed by atoms with Gasteiger partial charge in [0.15, 0.2) is 0 Å². The number of hydrogen-bond donors (Lipinski definition) is 1. The van der Waals surface area contributed by atoms with Crippen LogP contribution in [-0.2, 0) is 11.2 Å². The zero-order chi connectivity index (χ0) is 23.4. The predicted molar refractivity (Wildman–Crippen MR) is 136 cm³/mol. The first-order valence-corrected chi connectivity index (χ1v) is 12.0. The number of para-hydroxylation sites is 1.